The van der Waals surface area contributed by atoms with E-state index in [0.717, 1.165) is 51.4 Å². The molecule has 1 amide bonds. The second-order valence-corrected chi connectivity index (χ2v) is 16.6. The highest BCUT2D eigenvalue weighted by molar-refractivity contribution is 5.76. The number of allylic oxidation sites excluding steroid dienone is 2. The summed E-state index contributed by atoms with van der Waals surface area (Å²) in [5.41, 5.74) is 0. The molecule has 0 bridgehead atoms. The van der Waals surface area contributed by atoms with Crippen molar-refractivity contribution in [1.82, 2.24) is 5.32 Å². The van der Waals surface area contributed by atoms with Gasteiger partial charge in [0.15, 0.2) is 6.29 Å². The van der Waals surface area contributed by atoms with Gasteiger partial charge in [-0.1, -0.05) is 187 Å². The van der Waals surface area contributed by atoms with E-state index < -0.39 is 49.5 Å². The molecule has 0 aliphatic carbocycles. The highest BCUT2D eigenvalue weighted by atomic mass is 16.7. The van der Waals surface area contributed by atoms with E-state index in [1.807, 2.05) is 0 Å². The van der Waals surface area contributed by atoms with Crippen LogP contribution in [0.1, 0.15) is 219 Å². The van der Waals surface area contributed by atoms with Crippen molar-refractivity contribution >= 4 is 5.91 Å². The fourth-order valence-corrected chi connectivity index (χ4v) is 7.57. The lowest BCUT2D eigenvalue weighted by atomic mass is 9.99. The van der Waals surface area contributed by atoms with Crippen molar-refractivity contribution in [3.63, 3.8) is 0 Å². The normalized spacial score (nSPS) is 21.3. The zero-order valence-electron chi connectivity index (χ0n) is 35.7. The number of hydrogen-bond acceptors (Lipinski definition) is 8. The minimum atomic E-state index is -1.55. The summed E-state index contributed by atoms with van der Waals surface area (Å²) in [6.07, 6.45) is 35.0. The smallest absolute Gasteiger partial charge is 0.220 e. The summed E-state index contributed by atoms with van der Waals surface area (Å²) in [5.74, 6) is -0.159. The Hall–Kier alpha value is -1.07. The molecule has 1 rings (SSSR count). The molecule has 9 nitrogen and oxygen atoms in total. The lowest BCUT2D eigenvalue weighted by Crippen LogP contribution is -2.60. The number of nitrogens with one attached hydrogen (secondary N) is 1. The largest absolute Gasteiger partial charge is 0.394 e. The zero-order chi connectivity index (χ0) is 40.2. The third-order valence-corrected chi connectivity index (χ3v) is 11.4. The molecule has 1 saturated heterocycles. The van der Waals surface area contributed by atoms with Crippen molar-refractivity contribution in [1.29, 1.82) is 0 Å². The average molecular weight is 784 g/mol. The Balaban J connectivity index is 2.31. The highest BCUT2D eigenvalue weighted by Crippen LogP contribution is 2.23. The van der Waals surface area contributed by atoms with Crippen LogP contribution in [0.5, 0.6) is 0 Å². The molecule has 7 atom stereocenters. The van der Waals surface area contributed by atoms with Gasteiger partial charge in [0.2, 0.25) is 5.91 Å². The van der Waals surface area contributed by atoms with E-state index in [1.54, 1.807) is 0 Å². The van der Waals surface area contributed by atoms with Crippen molar-refractivity contribution in [3.05, 3.63) is 12.2 Å². The number of aliphatic hydroxyl groups is 5. The van der Waals surface area contributed by atoms with Gasteiger partial charge in [0.1, 0.15) is 24.4 Å². The van der Waals surface area contributed by atoms with Crippen LogP contribution in [-0.4, -0.2) is 87.5 Å². The lowest BCUT2D eigenvalue weighted by molar-refractivity contribution is -0.302. The molecule has 0 saturated carbocycles. The monoisotopic (exact) mass is 784 g/mol. The first kappa shape index (κ1) is 51.9. The van der Waals surface area contributed by atoms with E-state index in [2.05, 4.69) is 31.3 Å². The summed E-state index contributed by atoms with van der Waals surface area (Å²) < 4.78 is 11.2. The van der Waals surface area contributed by atoms with Gasteiger partial charge in [0.25, 0.3) is 0 Å². The number of rotatable bonds is 39. The van der Waals surface area contributed by atoms with Crippen molar-refractivity contribution in [2.24, 2.45) is 0 Å². The van der Waals surface area contributed by atoms with E-state index in [4.69, 9.17) is 9.47 Å². The third kappa shape index (κ3) is 28.1. The van der Waals surface area contributed by atoms with Crippen LogP contribution in [-0.2, 0) is 14.3 Å². The van der Waals surface area contributed by atoms with Crippen molar-refractivity contribution < 1.29 is 39.8 Å². The van der Waals surface area contributed by atoms with Crippen molar-refractivity contribution in [2.75, 3.05) is 13.2 Å². The number of carbonyl (C=O) groups excluding carboxylic acids is 1. The first-order valence-electron chi connectivity index (χ1n) is 23.4. The quantitative estimate of drug-likeness (QED) is 0.0267. The molecule has 0 spiro atoms. The van der Waals surface area contributed by atoms with Crippen LogP contribution in [0, 0.1) is 0 Å². The third-order valence-electron chi connectivity index (χ3n) is 11.4. The number of amides is 1. The van der Waals surface area contributed by atoms with E-state index >= 15 is 0 Å². The van der Waals surface area contributed by atoms with Gasteiger partial charge in [-0.3, -0.25) is 4.79 Å². The molecule has 1 heterocycles. The summed E-state index contributed by atoms with van der Waals surface area (Å²) in [4.78, 5) is 12.9. The first-order chi connectivity index (χ1) is 26.8. The Labute approximate surface area is 337 Å². The summed E-state index contributed by atoms with van der Waals surface area (Å²) in [6, 6.07) is -0.722. The van der Waals surface area contributed by atoms with Crippen LogP contribution >= 0.6 is 0 Å². The van der Waals surface area contributed by atoms with Gasteiger partial charge in [-0.15, -0.1) is 0 Å². The lowest BCUT2D eigenvalue weighted by Gasteiger charge is -2.40. The SMILES string of the molecule is CCCCCCCC/C=C\CCCCCC(=O)NC(COC1OC(CO)C(O)C(O)C1O)C(O)CCCCCCCCCCCCCCCCCCCCC. The van der Waals surface area contributed by atoms with Gasteiger partial charge in [0.05, 0.1) is 25.4 Å². The van der Waals surface area contributed by atoms with Crippen LogP contribution in [0.4, 0.5) is 0 Å². The number of unbranched alkanes of at least 4 members (excludes halogenated alkanes) is 27. The summed E-state index contributed by atoms with van der Waals surface area (Å²) in [7, 11) is 0. The van der Waals surface area contributed by atoms with Crippen LogP contribution < -0.4 is 5.32 Å². The molecule has 1 aliphatic heterocycles. The Morgan fingerprint density at radius 2 is 1.02 bits per heavy atom. The topological polar surface area (TPSA) is 149 Å². The standard InChI is InChI=1S/C46H89NO8/c1-3-5-7-9-11-13-15-17-18-19-20-21-22-24-25-27-29-31-33-35-40(49)39(38-54-46-45(53)44(52)43(51)41(37-48)55-46)47-42(50)36-34-32-30-28-26-23-16-14-12-10-8-6-4-2/h23,26,39-41,43-46,48-49,51-53H,3-22,24-25,27-38H2,1-2H3,(H,47,50)/b26-23-. The van der Waals surface area contributed by atoms with Gasteiger partial charge in [0, 0.05) is 6.42 Å². The summed E-state index contributed by atoms with van der Waals surface area (Å²) in [6.45, 7) is 3.82. The second kappa shape index (κ2) is 37.2. The fraction of sp³-hybridized carbons (Fsp3) is 0.935. The molecular formula is C46H89NO8. The van der Waals surface area contributed by atoms with Gasteiger partial charge < -0.3 is 40.3 Å². The molecule has 0 aromatic carbocycles. The Morgan fingerprint density at radius 3 is 1.47 bits per heavy atom. The predicted molar refractivity (Wildman–Crippen MR) is 226 cm³/mol. The van der Waals surface area contributed by atoms with Gasteiger partial charge in [-0.25, -0.2) is 0 Å². The Kier molecular flexibility index (Phi) is 35.2. The summed E-state index contributed by atoms with van der Waals surface area (Å²) >= 11 is 0. The van der Waals surface area contributed by atoms with Crippen LogP contribution in [0.2, 0.25) is 0 Å². The predicted octanol–water partition coefficient (Wildman–Crippen LogP) is 9.73. The maximum atomic E-state index is 12.9. The summed E-state index contributed by atoms with van der Waals surface area (Å²) in [5, 5.41) is 54.3. The Bertz CT molecular complexity index is 873. The van der Waals surface area contributed by atoms with Gasteiger partial charge >= 0.3 is 0 Å². The average Bonchev–Trinajstić information content (AvgIpc) is 3.18. The van der Waals surface area contributed by atoms with Crippen molar-refractivity contribution in [3.8, 4) is 0 Å². The molecule has 0 aromatic rings. The Morgan fingerprint density at radius 1 is 0.600 bits per heavy atom. The molecule has 1 aliphatic rings. The molecular weight excluding hydrogens is 695 g/mol. The molecule has 326 valence electrons. The minimum absolute atomic E-state index is 0.141. The van der Waals surface area contributed by atoms with Crippen LogP contribution in [0.25, 0.3) is 0 Å². The number of ether oxygens (including phenoxy) is 2. The maximum Gasteiger partial charge on any atom is 0.220 e. The van der Waals surface area contributed by atoms with Gasteiger partial charge in [-0.05, 0) is 38.5 Å². The van der Waals surface area contributed by atoms with Gasteiger partial charge in [-0.2, -0.15) is 0 Å². The molecule has 1 fully saturated rings. The molecule has 55 heavy (non-hydrogen) atoms. The maximum absolute atomic E-state index is 12.9. The van der Waals surface area contributed by atoms with Crippen LogP contribution in [0.3, 0.4) is 0 Å². The van der Waals surface area contributed by atoms with Crippen LogP contribution in [0.15, 0.2) is 12.2 Å². The molecule has 6 N–H and O–H groups in total. The first-order valence-corrected chi connectivity index (χ1v) is 23.4. The fourth-order valence-electron chi connectivity index (χ4n) is 7.57. The minimum Gasteiger partial charge on any atom is -0.394 e. The number of aliphatic hydroxyl groups excluding tert-OH is 5. The zero-order valence-corrected chi connectivity index (χ0v) is 35.7. The van der Waals surface area contributed by atoms with E-state index in [9.17, 15) is 30.3 Å². The molecule has 0 radical (unpaired) electrons. The molecule has 0 aromatic heterocycles. The van der Waals surface area contributed by atoms with E-state index in [1.165, 1.54) is 141 Å². The second-order valence-electron chi connectivity index (χ2n) is 16.6. The van der Waals surface area contributed by atoms with E-state index in [-0.39, 0.29) is 12.5 Å². The number of hydrogen-bond donors (Lipinski definition) is 6. The number of carbonyl (C=O) groups is 1. The van der Waals surface area contributed by atoms with Crippen molar-refractivity contribution in [2.45, 2.75) is 262 Å². The molecule has 7 unspecified atom stereocenters. The highest BCUT2D eigenvalue weighted by Gasteiger charge is 2.44. The van der Waals surface area contributed by atoms with E-state index in [0.29, 0.717) is 12.8 Å². The molecule has 9 heteroatoms.